The summed E-state index contributed by atoms with van der Waals surface area (Å²) in [6.45, 7) is 3.34. The molecule has 1 saturated carbocycles. The Morgan fingerprint density at radius 3 is 2.71 bits per heavy atom. The average Bonchev–Trinajstić information content (AvgIpc) is 2.52. The van der Waals surface area contributed by atoms with E-state index in [1.807, 2.05) is 6.07 Å². The summed E-state index contributed by atoms with van der Waals surface area (Å²) in [6, 6.07) is 13.7. The molecule has 1 N–H and O–H groups in total. The molecule has 2 aromatic rings. The van der Waals surface area contributed by atoms with Gasteiger partial charge in [0.1, 0.15) is 5.75 Å². The van der Waals surface area contributed by atoms with Crippen molar-refractivity contribution in [3.8, 4) is 5.75 Å². The van der Waals surface area contributed by atoms with Crippen LogP contribution in [0.1, 0.15) is 38.2 Å². The lowest BCUT2D eigenvalue weighted by Gasteiger charge is -2.27. The van der Waals surface area contributed by atoms with E-state index < -0.39 is 0 Å². The lowest BCUT2D eigenvalue weighted by Crippen LogP contribution is -2.33. The predicted octanol–water partition coefficient (Wildman–Crippen LogP) is 4.52. The highest BCUT2D eigenvalue weighted by molar-refractivity contribution is 5.84. The zero-order valence-electron chi connectivity index (χ0n) is 13.1. The minimum Gasteiger partial charge on any atom is -0.497 e. The number of hydrogen-bond donors (Lipinski definition) is 1. The summed E-state index contributed by atoms with van der Waals surface area (Å²) in [5, 5.41) is 6.26. The van der Waals surface area contributed by atoms with Crippen LogP contribution >= 0.6 is 0 Å². The van der Waals surface area contributed by atoms with Crippen LogP contribution in [0.4, 0.5) is 0 Å². The van der Waals surface area contributed by atoms with E-state index in [1.165, 1.54) is 42.0 Å². The highest BCUT2D eigenvalue weighted by Gasteiger charge is 2.17. The number of rotatable bonds is 4. The predicted molar refractivity (Wildman–Crippen MR) is 88.8 cm³/mol. The van der Waals surface area contributed by atoms with Crippen LogP contribution in [-0.2, 0) is 6.54 Å². The van der Waals surface area contributed by atoms with E-state index in [2.05, 4.69) is 42.6 Å². The van der Waals surface area contributed by atoms with Gasteiger partial charge in [0.05, 0.1) is 7.11 Å². The van der Waals surface area contributed by atoms with Crippen LogP contribution in [0.25, 0.3) is 10.8 Å². The Balaban J connectivity index is 1.67. The molecule has 0 amide bonds. The fourth-order valence-corrected chi connectivity index (χ4v) is 3.39. The Bertz CT molecular complexity index is 608. The van der Waals surface area contributed by atoms with Crippen LogP contribution in [0.5, 0.6) is 5.75 Å². The van der Waals surface area contributed by atoms with Crippen LogP contribution in [0.15, 0.2) is 36.4 Å². The van der Waals surface area contributed by atoms with Crippen molar-refractivity contribution >= 4 is 10.8 Å². The fourth-order valence-electron chi connectivity index (χ4n) is 3.39. The van der Waals surface area contributed by atoms with Gasteiger partial charge in [0.15, 0.2) is 0 Å². The van der Waals surface area contributed by atoms with Gasteiger partial charge in [-0.25, -0.2) is 0 Å². The maximum Gasteiger partial charge on any atom is 0.119 e. The molecule has 2 unspecified atom stereocenters. The Kier molecular flexibility index (Phi) is 4.45. The first-order valence-electron chi connectivity index (χ1n) is 8.04. The molecular formula is C19H25NO. The summed E-state index contributed by atoms with van der Waals surface area (Å²) < 4.78 is 5.28. The number of ether oxygens (including phenoxy) is 1. The number of hydrogen-bond acceptors (Lipinski definition) is 2. The van der Waals surface area contributed by atoms with Gasteiger partial charge in [-0.15, -0.1) is 0 Å². The largest absolute Gasteiger partial charge is 0.497 e. The number of nitrogens with one attached hydrogen (secondary N) is 1. The Labute approximate surface area is 127 Å². The molecule has 112 valence electrons. The SMILES string of the molecule is COc1ccc2cc(CNC3CCCC(C)C3)ccc2c1. The molecule has 0 heterocycles. The van der Waals surface area contributed by atoms with Crippen molar-refractivity contribution in [1.29, 1.82) is 0 Å². The molecule has 1 fully saturated rings. The van der Waals surface area contributed by atoms with Crippen LogP contribution in [0.2, 0.25) is 0 Å². The fraction of sp³-hybridized carbons (Fsp3) is 0.474. The Morgan fingerprint density at radius 1 is 1.10 bits per heavy atom. The van der Waals surface area contributed by atoms with E-state index in [0.717, 1.165) is 18.2 Å². The van der Waals surface area contributed by atoms with E-state index in [1.54, 1.807) is 7.11 Å². The molecule has 0 bridgehead atoms. The zero-order chi connectivity index (χ0) is 14.7. The second-order valence-corrected chi connectivity index (χ2v) is 6.40. The number of benzene rings is 2. The van der Waals surface area contributed by atoms with Gasteiger partial charge >= 0.3 is 0 Å². The van der Waals surface area contributed by atoms with E-state index in [-0.39, 0.29) is 0 Å². The molecule has 2 heteroatoms. The summed E-state index contributed by atoms with van der Waals surface area (Å²) in [4.78, 5) is 0. The lowest BCUT2D eigenvalue weighted by molar-refractivity contribution is 0.300. The van der Waals surface area contributed by atoms with Gasteiger partial charge in [-0.05, 0) is 53.3 Å². The summed E-state index contributed by atoms with van der Waals surface area (Å²) in [5.74, 6) is 1.80. The third kappa shape index (κ3) is 3.56. The maximum atomic E-state index is 5.28. The molecule has 0 aliphatic heterocycles. The molecule has 2 atom stereocenters. The minimum absolute atomic E-state index is 0.695. The average molecular weight is 283 g/mol. The second kappa shape index (κ2) is 6.48. The highest BCUT2D eigenvalue weighted by Crippen LogP contribution is 2.25. The van der Waals surface area contributed by atoms with Crippen LogP contribution in [0, 0.1) is 5.92 Å². The normalized spacial score (nSPS) is 22.4. The molecule has 1 aliphatic rings. The molecule has 2 aromatic carbocycles. The van der Waals surface area contributed by atoms with Crippen molar-refractivity contribution in [3.05, 3.63) is 42.0 Å². The van der Waals surface area contributed by atoms with Crippen molar-refractivity contribution in [2.45, 2.75) is 45.2 Å². The summed E-state index contributed by atoms with van der Waals surface area (Å²) in [5.41, 5.74) is 1.37. The third-order valence-corrected chi connectivity index (χ3v) is 4.64. The van der Waals surface area contributed by atoms with Crippen molar-refractivity contribution in [2.24, 2.45) is 5.92 Å². The van der Waals surface area contributed by atoms with Crippen LogP contribution in [-0.4, -0.2) is 13.2 Å². The molecule has 0 spiro atoms. The third-order valence-electron chi connectivity index (χ3n) is 4.64. The minimum atomic E-state index is 0.695. The van der Waals surface area contributed by atoms with Crippen LogP contribution < -0.4 is 10.1 Å². The van der Waals surface area contributed by atoms with Crippen LogP contribution in [0.3, 0.4) is 0 Å². The molecule has 2 nitrogen and oxygen atoms in total. The summed E-state index contributed by atoms with van der Waals surface area (Å²) in [7, 11) is 1.71. The molecular weight excluding hydrogens is 258 g/mol. The standard InChI is InChI=1S/C19H25NO/c1-14-4-3-5-18(10-14)20-13-15-6-7-17-12-19(21-2)9-8-16(17)11-15/h6-9,11-12,14,18,20H,3-5,10,13H2,1-2H3. The van der Waals surface area contributed by atoms with Crippen molar-refractivity contribution in [3.63, 3.8) is 0 Å². The molecule has 21 heavy (non-hydrogen) atoms. The molecule has 0 aromatic heterocycles. The number of methoxy groups -OCH3 is 1. The Morgan fingerprint density at radius 2 is 1.90 bits per heavy atom. The first-order valence-corrected chi connectivity index (χ1v) is 8.04. The van der Waals surface area contributed by atoms with Gasteiger partial charge in [0.25, 0.3) is 0 Å². The number of fused-ring (bicyclic) bond motifs is 1. The highest BCUT2D eigenvalue weighted by atomic mass is 16.5. The maximum absolute atomic E-state index is 5.28. The monoisotopic (exact) mass is 283 g/mol. The van der Waals surface area contributed by atoms with E-state index in [0.29, 0.717) is 6.04 Å². The second-order valence-electron chi connectivity index (χ2n) is 6.40. The van der Waals surface area contributed by atoms with Gasteiger partial charge in [-0.1, -0.05) is 38.0 Å². The first kappa shape index (κ1) is 14.4. The van der Waals surface area contributed by atoms with E-state index in [4.69, 9.17) is 4.74 Å². The van der Waals surface area contributed by atoms with E-state index >= 15 is 0 Å². The van der Waals surface area contributed by atoms with Crippen molar-refractivity contribution in [1.82, 2.24) is 5.32 Å². The van der Waals surface area contributed by atoms with Gasteiger partial charge in [0, 0.05) is 12.6 Å². The molecule has 1 aliphatic carbocycles. The van der Waals surface area contributed by atoms with Crippen molar-refractivity contribution in [2.75, 3.05) is 7.11 Å². The van der Waals surface area contributed by atoms with Gasteiger partial charge in [-0.3, -0.25) is 0 Å². The van der Waals surface area contributed by atoms with Gasteiger partial charge in [0.2, 0.25) is 0 Å². The Hall–Kier alpha value is -1.54. The quantitative estimate of drug-likeness (QED) is 0.891. The molecule has 3 rings (SSSR count). The smallest absolute Gasteiger partial charge is 0.119 e. The van der Waals surface area contributed by atoms with Crippen molar-refractivity contribution < 1.29 is 4.74 Å². The molecule has 0 saturated heterocycles. The molecule has 0 radical (unpaired) electrons. The summed E-state index contributed by atoms with van der Waals surface area (Å²) in [6.07, 6.45) is 5.42. The lowest BCUT2D eigenvalue weighted by atomic mass is 9.87. The first-order chi connectivity index (χ1) is 10.2. The topological polar surface area (TPSA) is 21.3 Å². The zero-order valence-corrected chi connectivity index (χ0v) is 13.1. The summed E-state index contributed by atoms with van der Waals surface area (Å²) >= 11 is 0. The van der Waals surface area contributed by atoms with E-state index in [9.17, 15) is 0 Å². The van der Waals surface area contributed by atoms with Gasteiger partial charge < -0.3 is 10.1 Å². The van der Waals surface area contributed by atoms with Gasteiger partial charge in [-0.2, -0.15) is 0 Å².